The predicted molar refractivity (Wildman–Crippen MR) is 75.9 cm³/mol. The predicted octanol–water partition coefficient (Wildman–Crippen LogP) is 3.00. The summed E-state index contributed by atoms with van der Waals surface area (Å²) < 4.78 is 18.7. The third kappa shape index (κ3) is 5.59. The summed E-state index contributed by atoms with van der Waals surface area (Å²) in [4.78, 5) is 22.8. The molecular formula is C14H17ClFNO4. The molecule has 0 fully saturated rings. The van der Waals surface area contributed by atoms with Crippen molar-refractivity contribution >= 4 is 23.7 Å². The van der Waals surface area contributed by atoms with Crippen LogP contribution in [0.5, 0.6) is 0 Å². The Kier molecular flexibility index (Phi) is 5.54. The van der Waals surface area contributed by atoms with Gasteiger partial charge in [0.1, 0.15) is 17.5 Å². The highest BCUT2D eigenvalue weighted by Gasteiger charge is 2.25. The first-order valence-electron chi connectivity index (χ1n) is 6.25. The number of amides is 1. The van der Waals surface area contributed by atoms with E-state index in [-0.39, 0.29) is 17.0 Å². The fourth-order valence-electron chi connectivity index (χ4n) is 1.58. The van der Waals surface area contributed by atoms with Crippen molar-refractivity contribution in [2.45, 2.75) is 38.8 Å². The number of halogens is 2. The first-order valence-corrected chi connectivity index (χ1v) is 6.63. The number of aliphatic carboxylic acids is 1. The molecule has 0 aliphatic rings. The van der Waals surface area contributed by atoms with Gasteiger partial charge in [0.15, 0.2) is 0 Å². The zero-order valence-electron chi connectivity index (χ0n) is 11.9. The highest BCUT2D eigenvalue weighted by molar-refractivity contribution is 6.30. The number of carboxylic acids is 1. The fraction of sp³-hybridized carbons (Fsp3) is 0.429. The van der Waals surface area contributed by atoms with Gasteiger partial charge in [0.25, 0.3) is 0 Å². The fourth-order valence-corrected chi connectivity index (χ4v) is 1.77. The molecule has 0 saturated heterocycles. The SMILES string of the molecule is CC(C)(C)OC(=O)NC(Cc1cccc(Cl)c1F)C(=O)O. The van der Waals surface area contributed by atoms with Crippen LogP contribution < -0.4 is 5.32 Å². The monoisotopic (exact) mass is 317 g/mol. The molecule has 1 amide bonds. The summed E-state index contributed by atoms with van der Waals surface area (Å²) in [6.07, 6.45) is -1.11. The van der Waals surface area contributed by atoms with Gasteiger partial charge in [-0.25, -0.2) is 14.0 Å². The zero-order chi connectivity index (χ0) is 16.2. The Morgan fingerprint density at radius 1 is 1.43 bits per heavy atom. The minimum atomic E-state index is -1.31. The van der Waals surface area contributed by atoms with E-state index in [1.807, 2.05) is 0 Å². The molecule has 21 heavy (non-hydrogen) atoms. The largest absolute Gasteiger partial charge is 0.480 e. The van der Waals surface area contributed by atoms with Gasteiger partial charge in [-0.1, -0.05) is 23.7 Å². The van der Waals surface area contributed by atoms with Crippen LogP contribution in [0.4, 0.5) is 9.18 Å². The number of nitrogens with one attached hydrogen (secondary N) is 1. The number of benzene rings is 1. The molecule has 116 valence electrons. The van der Waals surface area contributed by atoms with Gasteiger partial charge >= 0.3 is 12.1 Å². The zero-order valence-corrected chi connectivity index (χ0v) is 12.7. The van der Waals surface area contributed by atoms with E-state index in [4.69, 9.17) is 21.4 Å². The van der Waals surface area contributed by atoms with Crippen molar-refractivity contribution < 1.29 is 23.8 Å². The third-order valence-corrected chi connectivity index (χ3v) is 2.74. The molecule has 7 heteroatoms. The summed E-state index contributed by atoms with van der Waals surface area (Å²) in [6, 6.07) is 2.96. The van der Waals surface area contributed by atoms with Gasteiger partial charge in [0.05, 0.1) is 5.02 Å². The molecule has 1 aromatic carbocycles. The van der Waals surface area contributed by atoms with Crippen molar-refractivity contribution in [3.8, 4) is 0 Å². The van der Waals surface area contributed by atoms with E-state index in [9.17, 15) is 14.0 Å². The lowest BCUT2D eigenvalue weighted by Crippen LogP contribution is -2.44. The van der Waals surface area contributed by atoms with Crippen LogP contribution in [0.2, 0.25) is 5.02 Å². The second kappa shape index (κ2) is 6.76. The molecule has 0 aromatic heterocycles. The number of carbonyl (C=O) groups is 2. The molecule has 1 rings (SSSR count). The molecule has 0 aliphatic heterocycles. The van der Waals surface area contributed by atoms with E-state index in [1.54, 1.807) is 20.8 Å². The lowest BCUT2D eigenvalue weighted by atomic mass is 10.1. The maximum absolute atomic E-state index is 13.8. The van der Waals surface area contributed by atoms with Gasteiger partial charge in [-0.05, 0) is 32.4 Å². The molecule has 2 N–H and O–H groups in total. The van der Waals surface area contributed by atoms with Crippen LogP contribution in [0.15, 0.2) is 18.2 Å². The van der Waals surface area contributed by atoms with E-state index >= 15 is 0 Å². The molecule has 0 heterocycles. The molecule has 0 spiro atoms. The van der Waals surface area contributed by atoms with Crippen LogP contribution in [0, 0.1) is 5.82 Å². The van der Waals surface area contributed by atoms with Crippen LogP contribution in [-0.2, 0) is 16.0 Å². The summed E-state index contributed by atoms with van der Waals surface area (Å²) in [5, 5.41) is 11.2. The van der Waals surface area contributed by atoms with E-state index < -0.39 is 29.5 Å². The Morgan fingerprint density at radius 2 is 2.05 bits per heavy atom. The molecule has 0 radical (unpaired) electrons. The average Bonchev–Trinajstić information content (AvgIpc) is 2.31. The average molecular weight is 318 g/mol. The quantitative estimate of drug-likeness (QED) is 0.895. The molecule has 0 aliphatic carbocycles. The minimum Gasteiger partial charge on any atom is -0.480 e. The number of alkyl carbamates (subject to hydrolysis) is 1. The molecular weight excluding hydrogens is 301 g/mol. The molecule has 1 aromatic rings. The van der Waals surface area contributed by atoms with Crippen molar-refractivity contribution in [2.24, 2.45) is 0 Å². The number of rotatable bonds is 4. The van der Waals surface area contributed by atoms with Gasteiger partial charge in [0.2, 0.25) is 0 Å². The van der Waals surface area contributed by atoms with Crippen LogP contribution >= 0.6 is 11.6 Å². The van der Waals surface area contributed by atoms with Crippen LogP contribution in [-0.4, -0.2) is 28.8 Å². The summed E-state index contributed by atoms with van der Waals surface area (Å²) in [5.74, 6) is -1.99. The third-order valence-electron chi connectivity index (χ3n) is 2.44. The van der Waals surface area contributed by atoms with Crippen LogP contribution in [0.25, 0.3) is 0 Å². The molecule has 0 saturated carbocycles. The first-order chi connectivity index (χ1) is 9.60. The normalized spacial score (nSPS) is 12.6. The summed E-state index contributed by atoms with van der Waals surface area (Å²) >= 11 is 5.64. The van der Waals surface area contributed by atoms with Crippen molar-refractivity contribution in [1.29, 1.82) is 0 Å². The second-order valence-corrected chi connectivity index (χ2v) is 5.86. The maximum Gasteiger partial charge on any atom is 0.408 e. The summed E-state index contributed by atoms with van der Waals surface area (Å²) in [6.45, 7) is 4.96. The van der Waals surface area contributed by atoms with Gasteiger partial charge in [0, 0.05) is 6.42 Å². The van der Waals surface area contributed by atoms with E-state index in [2.05, 4.69) is 5.32 Å². The Bertz CT molecular complexity index is 542. The lowest BCUT2D eigenvalue weighted by molar-refractivity contribution is -0.139. The van der Waals surface area contributed by atoms with Crippen molar-refractivity contribution in [2.75, 3.05) is 0 Å². The number of hydrogen-bond acceptors (Lipinski definition) is 3. The topological polar surface area (TPSA) is 75.6 Å². The number of ether oxygens (including phenoxy) is 1. The summed E-state index contributed by atoms with van der Waals surface area (Å²) in [5.41, 5.74) is -0.653. The first kappa shape index (κ1) is 17.2. The number of carboxylic acid groups (broad SMARTS) is 1. The van der Waals surface area contributed by atoms with Crippen LogP contribution in [0.3, 0.4) is 0 Å². The van der Waals surface area contributed by atoms with Gasteiger partial charge in [-0.15, -0.1) is 0 Å². The molecule has 1 unspecified atom stereocenters. The van der Waals surface area contributed by atoms with Gasteiger partial charge in [-0.2, -0.15) is 0 Å². The second-order valence-electron chi connectivity index (χ2n) is 5.45. The Hall–Kier alpha value is -1.82. The van der Waals surface area contributed by atoms with Crippen molar-refractivity contribution in [3.63, 3.8) is 0 Å². The minimum absolute atomic E-state index is 0.103. The summed E-state index contributed by atoms with van der Waals surface area (Å²) in [7, 11) is 0. The van der Waals surface area contributed by atoms with Crippen molar-refractivity contribution in [1.82, 2.24) is 5.32 Å². The van der Waals surface area contributed by atoms with Gasteiger partial charge < -0.3 is 15.2 Å². The standard InChI is InChI=1S/C14H17ClFNO4/c1-14(2,3)21-13(20)17-10(12(18)19)7-8-5-4-6-9(15)11(8)16/h4-6,10H,7H2,1-3H3,(H,17,20)(H,18,19). The smallest absolute Gasteiger partial charge is 0.408 e. The molecule has 0 bridgehead atoms. The number of hydrogen-bond donors (Lipinski definition) is 2. The van der Waals surface area contributed by atoms with E-state index in [0.717, 1.165) is 0 Å². The van der Waals surface area contributed by atoms with E-state index in [1.165, 1.54) is 18.2 Å². The Morgan fingerprint density at radius 3 is 2.57 bits per heavy atom. The number of carbonyl (C=O) groups excluding carboxylic acids is 1. The maximum atomic E-state index is 13.8. The van der Waals surface area contributed by atoms with Crippen molar-refractivity contribution in [3.05, 3.63) is 34.6 Å². The van der Waals surface area contributed by atoms with E-state index in [0.29, 0.717) is 0 Å². The Labute approximate surface area is 127 Å². The molecule has 1 atom stereocenters. The van der Waals surface area contributed by atoms with Crippen LogP contribution in [0.1, 0.15) is 26.3 Å². The highest BCUT2D eigenvalue weighted by atomic mass is 35.5. The molecule has 5 nitrogen and oxygen atoms in total. The van der Waals surface area contributed by atoms with Gasteiger partial charge in [-0.3, -0.25) is 0 Å². The lowest BCUT2D eigenvalue weighted by Gasteiger charge is -2.22. The Balaban J connectivity index is 2.82. The highest BCUT2D eigenvalue weighted by Crippen LogP contribution is 2.19.